The van der Waals surface area contributed by atoms with Crippen molar-refractivity contribution in [2.45, 2.75) is 17.9 Å². The zero-order chi connectivity index (χ0) is 20.8. The van der Waals surface area contributed by atoms with E-state index < -0.39 is 22.1 Å². The van der Waals surface area contributed by atoms with Crippen molar-refractivity contribution >= 4 is 56.0 Å². The Morgan fingerprint density at radius 1 is 1.21 bits per heavy atom. The zero-order valence-corrected chi connectivity index (χ0v) is 17.6. The SMILES string of the molecule is C[C@@H](OC(=O)c1ccc2c(c1)SC1=NS(=O)(=O)CCN12)C(=O)c1cccc(Cl)c1. The predicted molar refractivity (Wildman–Crippen MR) is 112 cm³/mol. The van der Waals surface area contributed by atoms with Crippen LogP contribution in [0.1, 0.15) is 27.6 Å². The van der Waals surface area contributed by atoms with Crippen LogP contribution in [0.2, 0.25) is 5.02 Å². The molecule has 0 saturated heterocycles. The van der Waals surface area contributed by atoms with Gasteiger partial charge in [0.15, 0.2) is 11.3 Å². The minimum atomic E-state index is -3.45. The molecule has 1 atom stereocenters. The van der Waals surface area contributed by atoms with E-state index in [4.69, 9.17) is 16.3 Å². The molecule has 4 rings (SSSR count). The highest BCUT2D eigenvalue weighted by atomic mass is 35.5. The molecule has 29 heavy (non-hydrogen) atoms. The second-order valence-corrected chi connectivity index (χ2v) is 9.72. The van der Waals surface area contributed by atoms with Crippen LogP contribution in [0.25, 0.3) is 0 Å². The van der Waals surface area contributed by atoms with E-state index in [-0.39, 0.29) is 17.1 Å². The highest BCUT2D eigenvalue weighted by Crippen LogP contribution is 2.42. The number of carbonyl (C=O) groups excluding carboxylic acids is 2. The number of carbonyl (C=O) groups is 2. The van der Waals surface area contributed by atoms with Crippen molar-refractivity contribution in [2.75, 3.05) is 17.2 Å². The van der Waals surface area contributed by atoms with Crippen LogP contribution in [0, 0.1) is 0 Å². The highest BCUT2D eigenvalue weighted by Gasteiger charge is 2.33. The van der Waals surface area contributed by atoms with Gasteiger partial charge in [0, 0.05) is 22.0 Å². The van der Waals surface area contributed by atoms with Crippen LogP contribution in [-0.2, 0) is 14.8 Å². The van der Waals surface area contributed by atoms with Crippen LogP contribution < -0.4 is 4.90 Å². The Balaban J connectivity index is 1.51. The van der Waals surface area contributed by atoms with Gasteiger partial charge in [-0.05, 0) is 49.0 Å². The first-order chi connectivity index (χ1) is 13.7. The number of Topliss-reactive ketones (excluding diaryl/α,β-unsaturated/α-hetero) is 1. The van der Waals surface area contributed by atoms with E-state index in [0.29, 0.717) is 27.2 Å². The van der Waals surface area contributed by atoms with E-state index in [0.717, 1.165) is 5.69 Å². The number of anilines is 1. The molecule has 7 nitrogen and oxygen atoms in total. The van der Waals surface area contributed by atoms with Crippen molar-refractivity contribution in [2.24, 2.45) is 4.40 Å². The molecule has 2 aliphatic heterocycles. The normalized spacial score (nSPS) is 17.7. The topological polar surface area (TPSA) is 93.1 Å². The highest BCUT2D eigenvalue weighted by molar-refractivity contribution is 8.15. The smallest absolute Gasteiger partial charge is 0.338 e. The summed E-state index contributed by atoms with van der Waals surface area (Å²) in [7, 11) is -3.45. The van der Waals surface area contributed by atoms with Crippen LogP contribution in [-0.4, -0.2) is 43.7 Å². The number of hydrogen-bond acceptors (Lipinski definition) is 7. The number of rotatable bonds is 4. The molecule has 2 aromatic carbocycles. The number of ether oxygens (including phenoxy) is 1. The van der Waals surface area contributed by atoms with Gasteiger partial charge in [0.2, 0.25) is 5.78 Å². The molecular formula is C19H15ClN2O5S2. The van der Waals surface area contributed by atoms with Crippen molar-refractivity contribution in [3.63, 3.8) is 0 Å². The Morgan fingerprint density at radius 3 is 2.76 bits per heavy atom. The minimum absolute atomic E-state index is 0.0522. The molecule has 0 N–H and O–H groups in total. The van der Waals surface area contributed by atoms with Gasteiger partial charge in [-0.2, -0.15) is 0 Å². The maximum atomic E-state index is 12.5. The molecule has 150 valence electrons. The Hall–Kier alpha value is -2.36. The number of hydrogen-bond donors (Lipinski definition) is 0. The van der Waals surface area contributed by atoms with Crippen LogP contribution in [0.3, 0.4) is 0 Å². The van der Waals surface area contributed by atoms with E-state index in [2.05, 4.69) is 4.40 Å². The Kier molecular flexibility index (Phi) is 5.14. The van der Waals surface area contributed by atoms with Gasteiger partial charge >= 0.3 is 5.97 Å². The monoisotopic (exact) mass is 450 g/mol. The van der Waals surface area contributed by atoms with Gasteiger partial charge in [-0.15, -0.1) is 4.40 Å². The van der Waals surface area contributed by atoms with Crippen molar-refractivity contribution in [1.82, 2.24) is 0 Å². The number of benzene rings is 2. The third kappa shape index (κ3) is 4.03. The van der Waals surface area contributed by atoms with E-state index in [1.54, 1.807) is 36.4 Å². The first-order valence-electron chi connectivity index (χ1n) is 8.66. The maximum absolute atomic E-state index is 12.5. The first kappa shape index (κ1) is 19.9. The Bertz CT molecular complexity index is 1160. The second kappa shape index (κ2) is 7.47. The van der Waals surface area contributed by atoms with Crippen molar-refractivity contribution < 1.29 is 22.7 Å². The molecule has 10 heteroatoms. The van der Waals surface area contributed by atoms with Gasteiger partial charge in [-0.1, -0.05) is 23.7 Å². The zero-order valence-electron chi connectivity index (χ0n) is 15.2. The lowest BCUT2D eigenvalue weighted by Gasteiger charge is -2.22. The van der Waals surface area contributed by atoms with Crippen molar-refractivity contribution in [1.29, 1.82) is 0 Å². The first-order valence-corrected chi connectivity index (χ1v) is 11.5. The summed E-state index contributed by atoms with van der Waals surface area (Å²) in [5, 5.41) is 0.799. The number of ketones is 1. The Labute approximate surface area is 176 Å². The molecule has 0 amide bonds. The Morgan fingerprint density at radius 2 is 2.00 bits per heavy atom. The fraction of sp³-hybridized carbons (Fsp3) is 0.211. The lowest BCUT2D eigenvalue weighted by Crippen LogP contribution is -2.35. The fourth-order valence-electron chi connectivity index (χ4n) is 3.02. The van der Waals surface area contributed by atoms with Crippen LogP contribution in [0.4, 0.5) is 5.69 Å². The van der Waals surface area contributed by atoms with Crippen molar-refractivity contribution in [3.8, 4) is 0 Å². The molecule has 0 aliphatic carbocycles. The quantitative estimate of drug-likeness (QED) is 0.520. The number of amidine groups is 1. The van der Waals surface area contributed by atoms with E-state index in [1.165, 1.54) is 24.8 Å². The summed E-state index contributed by atoms with van der Waals surface area (Å²) in [6, 6.07) is 11.4. The summed E-state index contributed by atoms with van der Waals surface area (Å²) >= 11 is 7.09. The van der Waals surface area contributed by atoms with Gasteiger partial charge < -0.3 is 9.64 Å². The molecule has 0 unspecified atom stereocenters. The van der Waals surface area contributed by atoms with E-state index in [1.807, 2.05) is 4.90 Å². The largest absolute Gasteiger partial charge is 0.451 e. The number of halogens is 1. The molecule has 0 saturated carbocycles. The molecule has 0 radical (unpaired) electrons. The standard InChI is InChI=1S/C19H15ClN2O5S2/c1-11(17(23)12-3-2-4-14(20)9-12)27-18(24)13-5-6-15-16(10-13)28-19-21-29(25,26)8-7-22(15)19/h2-6,9-11H,7-8H2,1H3/t11-/m1/s1. The predicted octanol–water partition coefficient (Wildman–Crippen LogP) is 3.38. The summed E-state index contributed by atoms with van der Waals surface area (Å²) in [6.45, 7) is 1.82. The van der Waals surface area contributed by atoms with Gasteiger partial charge in [-0.25, -0.2) is 13.2 Å². The number of nitrogens with zero attached hydrogens (tertiary/aromatic N) is 2. The lowest BCUT2D eigenvalue weighted by molar-refractivity contribution is 0.0318. The minimum Gasteiger partial charge on any atom is -0.451 e. The average Bonchev–Trinajstić information content (AvgIpc) is 3.02. The number of thioether (sulfide) groups is 1. The molecular weight excluding hydrogens is 436 g/mol. The number of fused-ring (bicyclic) bond motifs is 3. The second-order valence-electron chi connectivity index (χ2n) is 6.52. The third-order valence-electron chi connectivity index (χ3n) is 4.47. The number of sulfonamides is 1. The van der Waals surface area contributed by atoms with E-state index in [9.17, 15) is 18.0 Å². The molecule has 2 aliphatic rings. The number of esters is 1. The molecule has 0 aromatic heterocycles. The lowest BCUT2D eigenvalue weighted by atomic mass is 10.1. The molecule has 0 spiro atoms. The summed E-state index contributed by atoms with van der Waals surface area (Å²) in [4.78, 5) is 27.5. The van der Waals surface area contributed by atoms with Crippen LogP contribution in [0.15, 0.2) is 51.8 Å². The summed E-state index contributed by atoms with van der Waals surface area (Å²) in [6.07, 6.45) is -0.984. The summed E-state index contributed by atoms with van der Waals surface area (Å²) < 4.78 is 32.5. The van der Waals surface area contributed by atoms with E-state index >= 15 is 0 Å². The van der Waals surface area contributed by atoms with Crippen LogP contribution in [0.5, 0.6) is 0 Å². The van der Waals surface area contributed by atoms with Gasteiger partial charge in [0.1, 0.15) is 0 Å². The average molecular weight is 451 g/mol. The molecule has 0 bridgehead atoms. The van der Waals surface area contributed by atoms with Gasteiger partial charge in [0.25, 0.3) is 10.0 Å². The van der Waals surface area contributed by atoms with Crippen molar-refractivity contribution in [3.05, 3.63) is 58.6 Å². The third-order valence-corrected chi connectivity index (χ3v) is 7.01. The molecule has 0 fully saturated rings. The molecule has 2 heterocycles. The van der Waals surface area contributed by atoms with Gasteiger partial charge in [0.05, 0.1) is 17.0 Å². The summed E-state index contributed by atoms with van der Waals surface area (Å²) in [5.74, 6) is -1.05. The summed E-state index contributed by atoms with van der Waals surface area (Å²) in [5.41, 5.74) is 1.42. The van der Waals surface area contributed by atoms with Crippen LogP contribution >= 0.6 is 23.4 Å². The molecule has 2 aromatic rings. The maximum Gasteiger partial charge on any atom is 0.338 e. The fourth-order valence-corrected chi connectivity index (χ4v) is 5.50. The van der Waals surface area contributed by atoms with Gasteiger partial charge in [-0.3, -0.25) is 4.79 Å².